The number of aromatic nitrogens is 7. The average Bonchev–Trinajstić information content (AvgIpc) is 3.53. The summed E-state index contributed by atoms with van der Waals surface area (Å²) in [6.07, 6.45) is 13.2. The second kappa shape index (κ2) is 8.60. The van der Waals surface area contributed by atoms with E-state index >= 15 is 0 Å². The molecule has 0 radical (unpaired) electrons. The molecular weight excluding hydrogens is 440 g/mol. The van der Waals surface area contributed by atoms with Gasteiger partial charge in [-0.1, -0.05) is 19.1 Å². The first kappa shape index (κ1) is 20.9. The maximum absolute atomic E-state index is 11.8. The van der Waals surface area contributed by atoms with Gasteiger partial charge in [0.2, 0.25) is 5.91 Å². The van der Waals surface area contributed by atoms with E-state index in [0.717, 1.165) is 63.4 Å². The van der Waals surface area contributed by atoms with Crippen LogP contribution in [0.15, 0.2) is 61.3 Å². The third-order valence-electron chi connectivity index (χ3n) is 6.07. The largest absolute Gasteiger partial charge is 0.340 e. The zero-order valence-electron chi connectivity index (χ0n) is 19.0. The molecule has 35 heavy (non-hydrogen) atoms. The van der Waals surface area contributed by atoms with Crippen molar-refractivity contribution in [3.63, 3.8) is 0 Å². The molecule has 0 saturated heterocycles. The number of hydrogen-bond acceptors (Lipinski definition) is 6. The summed E-state index contributed by atoms with van der Waals surface area (Å²) in [7, 11) is 0. The average molecular weight is 463 g/mol. The SMILES string of the molecule is CCC(=O)Nc1cncc(-c2cnc3n[nH]c(-c4nc5c([nH]4)CCC=C5c4cccnc4)c3c2)c1. The van der Waals surface area contributed by atoms with Gasteiger partial charge in [0, 0.05) is 59.2 Å². The van der Waals surface area contributed by atoms with Crippen LogP contribution in [-0.2, 0) is 11.2 Å². The predicted octanol–water partition coefficient (Wildman–Crippen LogP) is 4.53. The van der Waals surface area contributed by atoms with Crippen LogP contribution in [0, 0.1) is 0 Å². The monoisotopic (exact) mass is 462 g/mol. The van der Waals surface area contributed by atoms with Crippen LogP contribution < -0.4 is 5.32 Å². The number of rotatable bonds is 5. The van der Waals surface area contributed by atoms with Crippen molar-refractivity contribution in [2.45, 2.75) is 26.2 Å². The van der Waals surface area contributed by atoms with E-state index < -0.39 is 0 Å². The van der Waals surface area contributed by atoms with Crippen molar-refractivity contribution >= 4 is 28.2 Å². The van der Waals surface area contributed by atoms with Crippen LogP contribution in [-0.4, -0.2) is 41.0 Å². The number of nitrogens with zero attached hydrogens (tertiary/aromatic N) is 5. The van der Waals surface area contributed by atoms with Crippen LogP contribution in [0.2, 0.25) is 0 Å². The number of pyridine rings is 3. The van der Waals surface area contributed by atoms with Crippen LogP contribution in [0.3, 0.4) is 0 Å². The Morgan fingerprint density at radius 3 is 2.83 bits per heavy atom. The lowest BCUT2D eigenvalue weighted by Gasteiger charge is -2.12. The van der Waals surface area contributed by atoms with Gasteiger partial charge >= 0.3 is 0 Å². The minimum atomic E-state index is -0.0591. The lowest BCUT2D eigenvalue weighted by atomic mass is 9.95. The maximum Gasteiger partial charge on any atom is 0.224 e. The number of anilines is 1. The molecule has 0 bridgehead atoms. The summed E-state index contributed by atoms with van der Waals surface area (Å²) in [5.74, 6) is 0.659. The molecule has 1 aliphatic carbocycles. The van der Waals surface area contributed by atoms with Gasteiger partial charge in [-0.15, -0.1) is 0 Å². The number of amides is 1. The fourth-order valence-corrected chi connectivity index (χ4v) is 4.32. The van der Waals surface area contributed by atoms with Gasteiger partial charge in [0.25, 0.3) is 0 Å². The van der Waals surface area contributed by atoms with E-state index in [0.29, 0.717) is 17.8 Å². The molecule has 3 N–H and O–H groups in total. The van der Waals surface area contributed by atoms with Gasteiger partial charge < -0.3 is 10.3 Å². The molecule has 1 aliphatic rings. The van der Waals surface area contributed by atoms with Crippen LogP contribution in [0.1, 0.15) is 36.7 Å². The van der Waals surface area contributed by atoms with Crippen molar-refractivity contribution in [1.82, 2.24) is 35.1 Å². The summed E-state index contributed by atoms with van der Waals surface area (Å²) < 4.78 is 0. The van der Waals surface area contributed by atoms with E-state index in [4.69, 9.17) is 4.98 Å². The Morgan fingerprint density at radius 1 is 1.09 bits per heavy atom. The number of fused-ring (bicyclic) bond motifs is 2. The first-order valence-electron chi connectivity index (χ1n) is 11.5. The van der Waals surface area contributed by atoms with Crippen LogP contribution >= 0.6 is 0 Å². The van der Waals surface area contributed by atoms with Gasteiger partial charge in [0.1, 0.15) is 5.69 Å². The zero-order valence-corrected chi connectivity index (χ0v) is 19.0. The van der Waals surface area contributed by atoms with E-state index in [1.165, 1.54) is 0 Å². The molecule has 0 spiro atoms. The summed E-state index contributed by atoms with van der Waals surface area (Å²) in [4.78, 5) is 33.3. The van der Waals surface area contributed by atoms with Crippen molar-refractivity contribution in [3.05, 3.63) is 78.3 Å². The number of carbonyl (C=O) groups excluding carboxylic acids is 1. The number of hydrogen-bond donors (Lipinski definition) is 3. The topological polar surface area (TPSA) is 125 Å². The van der Waals surface area contributed by atoms with Gasteiger partial charge in [-0.25, -0.2) is 9.97 Å². The zero-order chi connectivity index (χ0) is 23.8. The van der Waals surface area contributed by atoms with Crippen LogP contribution in [0.25, 0.3) is 39.3 Å². The Labute approximate surface area is 200 Å². The third-order valence-corrected chi connectivity index (χ3v) is 6.07. The summed E-state index contributed by atoms with van der Waals surface area (Å²) in [5.41, 5.74) is 7.91. The highest BCUT2D eigenvalue weighted by Crippen LogP contribution is 2.34. The molecule has 9 nitrogen and oxygen atoms in total. The molecule has 0 fully saturated rings. The molecule has 172 valence electrons. The summed E-state index contributed by atoms with van der Waals surface area (Å²) in [6, 6.07) is 7.89. The summed E-state index contributed by atoms with van der Waals surface area (Å²) in [5, 5.41) is 11.2. The quantitative estimate of drug-likeness (QED) is 0.352. The Morgan fingerprint density at radius 2 is 1.97 bits per heavy atom. The predicted molar refractivity (Wildman–Crippen MR) is 133 cm³/mol. The van der Waals surface area contributed by atoms with Crippen molar-refractivity contribution in [1.29, 1.82) is 0 Å². The highest BCUT2D eigenvalue weighted by atomic mass is 16.1. The molecule has 0 unspecified atom stereocenters. The van der Waals surface area contributed by atoms with Crippen LogP contribution in [0.4, 0.5) is 5.69 Å². The minimum Gasteiger partial charge on any atom is -0.340 e. The first-order valence-corrected chi connectivity index (χ1v) is 11.5. The Bertz CT molecular complexity index is 1580. The van der Waals surface area contributed by atoms with Crippen molar-refractivity contribution in [2.75, 3.05) is 5.32 Å². The van der Waals surface area contributed by atoms with E-state index in [2.05, 4.69) is 47.6 Å². The van der Waals surface area contributed by atoms with Gasteiger partial charge in [0.05, 0.1) is 23.0 Å². The van der Waals surface area contributed by atoms with E-state index in [1.807, 2.05) is 31.3 Å². The molecule has 0 aromatic carbocycles. The number of allylic oxidation sites excluding steroid dienone is 1. The standard InChI is InChI=1S/C26H22N8O/c1-2-22(35)30-18-9-16(12-28-14-18)17-10-20-24(33-34-25(20)29-13-17)26-31-21-7-3-6-19(23(21)32-26)15-5-4-8-27-11-15/h4-6,8-14H,2-3,7H2,1H3,(H,30,35)(H,31,32)(H,29,33,34). The molecule has 0 atom stereocenters. The number of aryl methyl sites for hydroxylation is 1. The fraction of sp³-hybridized carbons (Fsp3) is 0.154. The maximum atomic E-state index is 11.8. The number of aromatic amines is 2. The molecule has 0 aliphatic heterocycles. The fourth-order valence-electron chi connectivity index (χ4n) is 4.32. The van der Waals surface area contributed by atoms with Gasteiger partial charge in [-0.3, -0.25) is 19.9 Å². The second-order valence-corrected chi connectivity index (χ2v) is 8.37. The lowest BCUT2D eigenvalue weighted by molar-refractivity contribution is -0.115. The van der Waals surface area contributed by atoms with E-state index in [1.54, 1.807) is 24.8 Å². The molecule has 1 amide bonds. The molecule has 9 heteroatoms. The summed E-state index contributed by atoms with van der Waals surface area (Å²) in [6.45, 7) is 1.81. The van der Waals surface area contributed by atoms with Gasteiger partial charge in [-0.2, -0.15) is 5.10 Å². The van der Waals surface area contributed by atoms with E-state index in [-0.39, 0.29) is 5.91 Å². The molecule has 0 saturated carbocycles. The van der Waals surface area contributed by atoms with Crippen LogP contribution in [0.5, 0.6) is 0 Å². The number of carbonyl (C=O) groups is 1. The first-order chi connectivity index (χ1) is 17.2. The Kier molecular flexibility index (Phi) is 5.14. The Balaban J connectivity index is 1.39. The van der Waals surface area contributed by atoms with Gasteiger partial charge in [-0.05, 0) is 31.0 Å². The highest BCUT2D eigenvalue weighted by molar-refractivity contribution is 5.94. The molecule has 5 aromatic heterocycles. The second-order valence-electron chi connectivity index (χ2n) is 8.37. The smallest absolute Gasteiger partial charge is 0.224 e. The molecular formula is C26H22N8O. The molecule has 6 rings (SSSR count). The van der Waals surface area contributed by atoms with Crippen molar-refractivity contribution < 1.29 is 4.79 Å². The molecule has 5 aromatic rings. The van der Waals surface area contributed by atoms with Crippen molar-refractivity contribution in [2.24, 2.45) is 0 Å². The lowest BCUT2D eigenvalue weighted by Crippen LogP contribution is -2.09. The van der Waals surface area contributed by atoms with Crippen molar-refractivity contribution in [3.8, 4) is 22.6 Å². The van der Waals surface area contributed by atoms with Gasteiger partial charge in [0.15, 0.2) is 11.5 Å². The number of nitrogens with one attached hydrogen (secondary N) is 3. The minimum absolute atomic E-state index is 0.0591. The highest BCUT2D eigenvalue weighted by Gasteiger charge is 2.22. The summed E-state index contributed by atoms with van der Waals surface area (Å²) >= 11 is 0. The number of H-pyrrole nitrogens is 2. The third kappa shape index (κ3) is 3.86. The normalized spacial score (nSPS) is 12.9. The Hall–Kier alpha value is -4.66. The number of imidazole rings is 1. The molecule has 5 heterocycles. The van der Waals surface area contributed by atoms with E-state index in [9.17, 15) is 4.79 Å².